The van der Waals surface area contributed by atoms with Gasteiger partial charge in [-0.05, 0) is 38.1 Å². The quantitative estimate of drug-likeness (QED) is 0.897. The van der Waals surface area contributed by atoms with E-state index >= 15 is 0 Å². The van der Waals surface area contributed by atoms with Crippen LogP contribution in [0.5, 0.6) is 5.75 Å². The minimum Gasteiger partial charge on any atom is -0.495 e. The lowest BCUT2D eigenvalue weighted by Crippen LogP contribution is -2.50. The third kappa shape index (κ3) is 3.19. The summed E-state index contributed by atoms with van der Waals surface area (Å²) in [5, 5.41) is 3.30. The Hall–Kier alpha value is -1.59. The van der Waals surface area contributed by atoms with Crippen LogP contribution in [0, 0.1) is 5.41 Å². The maximum atomic E-state index is 13.0. The van der Waals surface area contributed by atoms with Gasteiger partial charge in [-0.3, -0.25) is 4.79 Å². The van der Waals surface area contributed by atoms with E-state index in [1.807, 2.05) is 24.3 Å². The molecule has 1 fully saturated rings. The topological polar surface area (TPSA) is 50.8 Å². The standard InChI is InChI=1S/C16H24N2O3/c1-18(13-6-4-5-7-14(13)21-3)15(19)16(12-20-2)8-10-17-11-9-16/h4-7,17H,8-12H2,1-3H3. The van der Waals surface area contributed by atoms with Crippen molar-refractivity contribution in [3.8, 4) is 5.75 Å². The molecular formula is C16H24N2O3. The number of carbonyl (C=O) groups is 1. The molecule has 2 rings (SSSR count). The predicted octanol–water partition coefficient (Wildman–Crippen LogP) is 1.67. The fraction of sp³-hybridized carbons (Fsp3) is 0.562. The van der Waals surface area contributed by atoms with Crippen LogP contribution in [0.4, 0.5) is 5.69 Å². The highest BCUT2D eigenvalue weighted by atomic mass is 16.5. The van der Waals surface area contributed by atoms with Gasteiger partial charge < -0.3 is 19.7 Å². The number of amides is 1. The lowest BCUT2D eigenvalue weighted by Gasteiger charge is -2.38. The van der Waals surface area contributed by atoms with Gasteiger partial charge in [0, 0.05) is 14.2 Å². The second-order valence-corrected chi connectivity index (χ2v) is 5.50. The van der Waals surface area contributed by atoms with E-state index in [0.717, 1.165) is 31.6 Å². The predicted molar refractivity (Wildman–Crippen MR) is 82.8 cm³/mol. The second-order valence-electron chi connectivity index (χ2n) is 5.50. The van der Waals surface area contributed by atoms with Crippen LogP contribution in [-0.2, 0) is 9.53 Å². The van der Waals surface area contributed by atoms with Crippen LogP contribution in [0.3, 0.4) is 0 Å². The monoisotopic (exact) mass is 292 g/mol. The number of carbonyl (C=O) groups excluding carboxylic acids is 1. The molecule has 1 amide bonds. The van der Waals surface area contributed by atoms with E-state index in [1.54, 1.807) is 26.2 Å². The van der Waals surface area contributed by atoms with Gasteiger partial charge in [-0.15, -0.1) is 0 Å². The average Bonchev–Trinajstić information content (AvgIpc) is 2.54. The number of ether oxygens (including phenoxy) is 2. The first kappa shape index (κ1) is 15.8. The maximum Gasteiger partial charge on any atom is 0.235 e. The molecule has 1 aromatic rings. The van der Waals surface area contributed by atoms with Gasteiger partial charge in [0.2, 0.25) is 5.91 Å². The molecule has 1 heterocycles. The zero-order valence-electron chi connectivity index (χ0n) is 13.0. The maximum absolute atomic E-state index is 13.0. The van der Waals surface area contributed by atoms with Gasteiger partial charge >= 0.3 is 0 Å². The molecule has 0 saturated carbocycles. The highest BCUT2D eigenvalue weighted by Gasteiger charge is 2.42. The summed E-state index contributed by atoms with van der Waals surface area (Å²) in [5.41, 5.74) is 0.342. The Morgan fingerprint density at radius 3 is 2.57 bits per heavy atom. The van der Waals surface area contributed by atoms with Gasteiger partial charge in [0.1, 0.15) is 5.75 Å². The Labute approximate surface area is 126 Å². The largest absolute Gasteiger partial charge is 0.495 e. The van der Waals surface area contributed by atoms with Crippen molar-refractivity contribution < 1.29 is 14.3 Å². The number of hydrogen-bond donors (Lipinski definition) is 1. The highest BCUT2D eigenvalue weighted by Crippen LogP contribution is 2.35. The number of hydrogen-bond acceptors (Lipinski definition) is 4. The molecule has 1 aromatic carbocycles. The minimum absolute atomic E-state index is 0.0929. The van der Waals surface area contributed by atoms with E-state index < -0.39 is 5.41 Å². The fourth-order valence-corrected chi connectivity index (χ4v) is 2.97. The molecule has 1 aliphatic heterocycles. The zero-order valence-corrected chi connectivity index (χ0v) is 13.0. The summed E-state index contributed by atoms with van der Waals surface area (Å²) in [6.07, 6.45) is 1.58. The molecule has 0 aliphatic carbocycles. The average molecular weight is 292 g/mol. The summed E-state index contributed by atoms with van der Waals surface area (Å²) in [4.78, 5) is 14.7. The van der Waals surface area contributed by atoms with Crippen molar-refractivity contribution in [1.29, 1.82) is 0 Å². The van der Waals surface area contributed by atoms with Crippen LogP contribution in [-0.4, -0.2) is 46.9 Å². The second kappa shape index (κ2) is 6.91. The number of rotatable bonds is 5. The Morgan fingerprint density at radius 2 is 1.95 bits per heavy atom. The smallest absolute Gasteiger partial charge is 0.235 e. The number of methoxy groups -OCH3 is 2. The Bertz CT molecular complexity index is 479. The van der Waals surface area contributed by atoms with Gasteiger partial charge in [0.15, 0.2) is 0 Å². The molecule has 1 saturated heterocycles. The summed E-state index contributed by atoms with van der Waals surface area (Å²) in [5.74, 6) is 0.796. The van der Waals surface area contributed by atoms with Crippen molar-refractivity contribution in [2.24, 2.45) is 5.41 Å². The number of nitrogens with zero attached hydrogens (tertiary/aromatic N) is 1. The summed E-state index contributed by atoms with van der Waals surface area (Å²) in [6.45, 7) is 2.14. The number of para-hydroxylation sites is 2. The van der Waals surface area contributed by atoms with E-state index in [1.165, 1.54) is 0 Å². The lowest BCUT2D eigenvalue weighted by molar-refractivity contribution is -0.133. The fourth-order valence-electron chi connectivity index (χ4n) is 2.97. The zero-order chi connectivity index (χ0) is 15.3. The number of benzene rings is 1. The number of piperidine rings is 1. The molecule has 5 heteroatoms. The molecule has 1 aliphatic rings. The Balaban J connectivity index is 2.27. The summed E-state index contributed by atoms with van der Waals surface area (Å²) >= 11 is 0. The Morgan fingerprint density at radius 1 is 1.29 bits per heavy atom. The van der Waals surface area contributed by atoms with Gasteiger partial charge in [-0.2, -0.15) is 0 Å². The van der Waals surface area contributed by atoms with Crippen molar-refractivity contribution in [3.63, 3.8) is 0 Å². The summed E-state index contributed by atoms with van der Waals surface area (Å²) in [6, 6.07) is 7.58. The third-order valence-corrected chi connectivity index (χ3v) is 4.19. The van der Waals surface area contributed by atoms with E-state index in [4.69, 9.17) is 9.47 Å². The normalized spacial score (nSPS) is 17.3. The number of nitrogens with one attached hydrogen (secondary N) is 1. The van der Waals surface area contributed by atoms with Gasteiger partial charge in [-0.25, -0.2) is 0 Å². The van der Waals surface area contributed by atoms with Crippen molar-refractivity contribution >= 4 is 11.6 Å². The van der Waals surface area contributed by atoms with E-state index in [0.29, 0.717) is 12.4 Å². The SMILES string of the molecule is COCC1(C(=O)N(C)c2ccccc2OC)CCNCC1. The lowest BCUT2D eigenvalue weighted by atomic mass is 9.78. The highest BCUT2D eigenvalue weighted by molar-refractivity contribution is 5.98. The molecule has 0 aromatic heterocycles. The van der Waals surface area contributed by atoms with Crippen molar-refractivity contribution in [3.05, 3.63) is 24.3 Å². The first-order chi connectivity index (χ1) is 10.1. The van der Waals surface area contributed by atoms with Crippen LogP contribution in [0.15, 0.2) is 24.3 Å². The van der Waals surface area contributed by atoms with Crippen LogP contribution >= 0.6 is 0 Å². The first-order valence-electron chi connectivity index (χ1n) is 7.25. The first-order valence-corrected chi connectivity index (χ1v) is 7.25. The van der Waals surface area contributed by atoms with E-state index in [9.17, 15) is 4.79 Å². The minimum atomic E-state index is -0.449. The molecule has 0 spiro atoms. The van der Waals surface area contributed by atoms with Crippen molar-refractivity contribution in [2.75, 3.05) is 45.9 Å². The third-order valence-electron chi connectivity index (χ3n) is 4.19. The van der Waals surface area contributed by atoms with Crippen LogP contribution in [0.1, 0.15) is 12.8 Å². The van der Waals surface area contributed by atoms with Crippen LogP contribution < -0.4 is 15.0 Å². The van der Waals surface area contributed by atoms with Crippen molar-refractivity contribution in [2.45, 2.75) is 12.8 Å². The van der Waals surface area contributed by atoms with Gasteiger partial charge in [0.05, 0.1) is 24.8 Å². The molecule has 0 unspecified atom stereocenters. The molecule has 21 heavy (non-hydrogen) atoms. The summed E-state index contributed by atoms with van der Waals surface area (Å²) in [7, 11) is 5.08. The van der Waals surface area contributed by atoms with Gasteiger partial charge in [0.25, 0.3) is 0 Å². The van der Waals surface area contributed by atoms with Gasteiger partial charge in [-0.1, -0.05) is 12.1 Å². The summed E-state index contributed by atoms with van der Waals surface area (Å²) < 4.78 is 10.7. The van der Waals surface area contributed by atoms with E-state index in [-0.39, 0.29) is 5.91 Å². The van der Waals surface area contributed by atoms with E-state index in [2.05, 4.69) is 5.32 Å². The molecule has 116 valence electrons. The molecule has 1 N–H and O–H groups in total. The molecular weight excluding hydrogens is 268 g/mol. The molecule has 5 nitrogen and oxygen atoms in total. The van der Waals surface area contributed by atoms with Crippen LogP contribution in [0.2, 0.25) is 0 Å². The Kier molecular flexibility index (Phi) is 5.20. The number of anilines is 1. The van der Waals surface area contributed by atoms with Crippen LogP contribution in [0.25, 0.3) is 0 Å². The molecule has 0 bridgehead atoms. The molecule has 0 radical (unpaired) electrons. The molecule has 0 atom stereocenters. The van der Waals surface area contributed by atoms with Crippen molar-refractivity contribution in [1.82, 2.24) is 5.32 Å².